The van der Waals surface area contributed by atoms with Crippen molar-refractivity contribution in [1.29, 1.82) is 0 Å². The van der Waals surface area contributed by atoms with Crippen LogP contribution in [-0.4, -0.2) is 19.3 Å². The molecule has 5 heteroatoms. The number of hydrogen-bond donors (Lipinski definition) is 0. The molecule has 3 aromatic heterocycles. The number of benzene rings is 4. The first-order chi connectivity index (χ1) is 22.8. The number of ether oxygens (including phenoxy) is 1. The number of aromatic nitrogens is 4. The molecule has 48 heavy (non-hydrogen) atoms. The summed E-state index contributed by atoms with van der Waals surface area (Å²) < 4.78 is 10.7. The lowest BCUT2D eigenvalue weighted by molar-refractivity contribution is 0.483. The fourth-order valence-electron chi connectivity index (χ4n) is 7.31. The molecular formula is C43H44N4O. The molecule has 5 nitrogen and oxygen atoms in total. The van der Waals surface area contributed by atoms with Crippen molar-refractivity contribution in [3.63, 3.8) is 0 Å². The molecule has 4 aromatic carbocycles. The minimum atomic E-state index is 0.0186. The molecule has 0 saturated carbocycles. The van der Waals surface area contributed by atoms with Gasteiger partial charge in [-0.2, -0.15) is 5.10 Å². The molecule has 0 saturated heterocycles. The van der Waals surface area contributed by atoms with Gasteiger partial charge in [0.15, 0.2) is 0 Å². The zero-order valence-corrected chi connectivity index (χ0v) is 29.5. The highest BCUT2D eigenvalue weighted by atomic mass is 16.5. The summed E-state index contributed by atoms with van der Waals surface area (Å²) in [5.74, 6) is 2.40. The third kappa shape index (κ3) is 5.57. The molecule has 0 bridgehead atoms. The summed E-state index contributed by atoms with van der Waals surface area (Å²) in [6, 6.07) is 29.4. The molecule has 0 radical (unpaired) electrons. The first-order valence-electron chi connectivity index (χ1n) is 16.7. The number of para-hydroxylation sites is 1. The molecule has 0 amide bonds. The van der Waals surface area contributed by atoms with Crippen molar-refractivity contribution in [1.82, 2.24) is 19.3 Å². The molecule has 7 aromatic rings. The predicted molar refractivity (Wildman–Crippen MR) is 199 cm³/mol. The van der Waals surface area contributed by atoms with Crippen LogP contribution in [0.5, 0.6) is 11.5 Å². The fraction of sp³-hybridized carbons (Fsp3) is 0.256. The molecule has 3 heterocycles. The summed E-state index contributed by atoms with van der Waals surface area (Å²) in [5.41, 5.74) is 12.2. The second-order valence-electron chi connectivity index (χ2n) is 15.1. The number of aryl methyl sites for hydroxylation is 2. The highest BCUT2D eigenvalue weighted by Gasteiger charge is 2.29. The molecule has 0 aliphatic rings. The van der Waals surface area contributed by atoms with Gasteiger partial charge in [-0.3, -0.25) is 4.57 Å². The Morgan fingerprint density at radius 1 is 0.688 bits per heavy atom. The van der Waals surface area contributed by atoms with Crippen LogP contribution >= 0.6 is 0 Å². The van der Waals surface area contributed by atoms with Gasteiger partial charge in [-0.15, -0.1) is 0 Å². The van der Waals surface area contributed by atoms with Crippen LogP contribution in [0.3, 0.4) is 0 Å². The Morgan fingerprint density at radius 2 is 1.44 bits per heavy atom. The molecule has 0 atom stereocenters. The van der Waals surface area contributed by atoms with E-state index >= 15 is 0 Å². The number of pyridine rings is 1. The molecule has 0 spiro atoms. The zero-order chi connectivity index (χ0) is 34.0. The van der Waals surface area contributed by atoms with Gasteiger partial charge in [0.25, 0.3) is 0 Å². The summed E-state index contributed by atoms with van der Waals surface area (Å²) in [6.45, 7) is 20.5. The van der Waals surface area contributed by atoms with Gasteiger partial charge >= 0.3 is 0 Å². The second-order valence-corrected chi connectivity index (χ2v) is 15.1. The number of rotatable bonds is 5. The zero-order valence-electron chi connectivity index (χ0n) is 29.5. The van der Waals surface area contributed by atoms with E-state index < -0.39 is 0 Å². The molecular weight excluding hydrogens is 589 g/mol. The SMILES string of the molecule is Cc1ccnc(-n2c3ccccc3c3ccc(Oc4cccc(-n5cc(-c6c(C)cc(C(C)(C)C)c(C(C)(C)C)c6C)cn5)c4)cc32)c1. The topological polar surface area (TPSA) is 44.9 Å². The monoisotopic (exact) mass is 632 g/mol. The third-order valence-corrected chi connectivity index (χ3v) is 9.30. The smallest absolute Gasteiger partial charge is 0.137 e. The van der Waals surface area contributed by atoms with E-state index in [0.29, 0.717) is 0 Å². The molecule has 0 unspecified atom stereocenters. The van der Waals surface area contributed by atoms with Gasteiger partial charge in [-0.05, 0) is 107 Å². The standard InChI is InChI=1S/C43H44N4O/c1-27-19-20-44-39(21-27)47-37-16-11-10-15-34(37)35-18-17-33(24-38(35)47)48-32-14-12-13-31(23-32)46-26-30(25-45-46)40-28(2)22-36(42(4,5)6)41(29(40)3)43(7,8)9/h10-26H,1-9H3. The average molecular weight is 633 g/mol. The Kier molecular flexibility index (Phi) is 7.54. The van der Waals surface area contributed by atoms with Crippen molar-refractivity contribution in [3.05, 3.63) is 131 Å². The maximum absolute atomic E-state index is 6.51. The molecule has 7 rings (SSSR count). The second kappa shape index (κ2) is 11.5. The van der Waals surface area contributed by atoms with Gasteiger partial charge in [-0.25, -0.2) is 9.67 Å². The van der Waals surface area contributed by atoms with Crippen LogP contribution in [0.4, 0.5) is 0 Å². The minimum absolute atomic E-state index is 0.0186. The van der Waals surface area contributed by atoms with E-state index in [-0.39, 0.29) is 10.8 Å². The highest BCUT2D eigenvalue weighted by Crippen LogP contribution is 2.42. The van der Waals surface area contributed by atoms with Crippen LogP contribution in [0.15, 0.2) is 104 Å². The first-order valence-corrected chi connectivity index (χ1v) is 16.7. The number of nitrogens with zero attached hydrogens (tertiary/aromatic N) is 4. The van der Waals surface area contributed by atoms with Gasteiger partial charge in [0.05, 0.1) is 22.9 Å². The Labute approximate surface area is 283 Å². The molecule has 0 N–H and O–H groups in total. The third-order valence-electron chi connectivity index (χ3n) is 9.30. The van der Waals surface area contributed by atoms with Gasteiger partial charge in [0, 0.05) is 40.9 Å². The Balaban J connectivity index is 1.24. The summed E-state index contributed by atoms with van der Waals surface area (Å²) in [5, 5.41) is 7.17. The molecule has 0 fully saturated rings. The Bertz CT molecular complexity index is 2320. The van der Waals surface area contributed by atoms with Crippen LogP contribution in [-0.2, 0) is 10.8 Å². The van der Waals surface area contributed by atoms with E-state index in [1.165, 1.54) is 38.8 Å². The normalized spacial score (nSPS) is 12.3. The minimum Gasteiger partial charge on any atom is -0.457 e. The Morgan fingerprint density at radius 3 is 2.19 bits per heavy atom. The van der Waals surface area contributed by atoms with Crippen LogP contribution in [0.25, 0.3) is 44.4 Å². The van der Waals surface area contributed by atoms with Gasteiger partial charge in [-0.1, -0.05) is 71.9 Å². The maximum atomic E-state index is 6.51. The molecule has 242 valence electrons. The maximum Gasteiger partial charge on any atom is 0.137 e. The molecule has 0 aliphatic carbocycles. The van der Waals surface area contributed by atoms with E-state index in [9.17, 15) is 0 Å². The first kappa shape index (κ1) is 31.4. The summed E-state index contributed by atoms with van der Waals surface area (Å²) in [7, 11) is 0. The molecule has 0 aliphatic heterocycles. The average Bonchev–Trinajstić information content (AvgIpc) is 3.63. The largest absolute Gasteiger partial charge is 0.457 e. The lowest BCUT2D eigenvalue weighted by Gasteiger charge is -2.33. The Hall–Kier alpha value is -5.16. The highest BCUT2D eigenvalue weighted by molar-refractivity contribution is 6.09. The van der Waals surface area contributed by atoms with Gasteiger partial charge < -0.3 is 4.74 Å². The fourth-order valence-corrected chi connectivity index (χ4v) is 7.31. The van der Waals surface area contributed by atoms with E-state index in [1.807, 2.05) is 47.4 Å². The van der Waals surface area contributed by atoms with Crippen LogP contribution in [0.2, 0.25) is 0 Å². The van der Waals surface area contributed by atoms with E-state index in [1.54, 1.807) is 0 Å². The van der Waals surface area contributed by atoms with Crippen molar-refractivity contribution in [3.8, 4) is 34.1 Å². The number of hydrogen-bond acceptors (Lipinski definition) is 3. The summed E-state index contributed by atoms with van der Waals surface area (Å²) in [4.78, 5) is 4.72. The van der Waals surface area contributed by atoms with E-state index in [0.717, 1.165) is 45.0 Å². The van der Waals surface area contributed by atoms with Crippen molar-refractivity contribution in [2.24, 2.45) is 0 Å². The van der Waals surface area contributed by atoms with Crippen LogP contribution in [0, 0.1) is 20.8 Å². The lowest BCUT2D eigenvalue weighted by atomic mass is 9.71. The number of fused-ring (bicyclic) bond motifs is 3. The van der Waals surface area contributed by atoms with Crippen LogP contribution in [0.1, 0.15) is 69.4 Å². The summed E-state index contributed by atoms with van der Waals surface area (Å²) >= 11 is 0. The predicted octanol–water partition coefficient (Wildman–Crippen LogP) is 11.3. The summed E-state index contributed by atoms with van der Waals surface area (Å²) in [6.07, 6.45) is 5.99. The quantitative estimate of drug-likeness (QED) is 0.190. The van der Waals surface area contributed by atoms with Gasteiger partial charge in [0.2, 0.25) is 0 Å². The van der Waals surface area contributed by atoms with Crippen molar-refractivity contribution >= 4 is 21.8 Å². The van der Waals surface area contributed by atoms with Crippen molar-refractivity contribution < 1.29 is 4.74 Å². The van der Waals surface area contributed by atoms with E-state index in [2.05, 4.69) is 128 Å². The van der Waals surface area contributed by atoms with Crippen LogP contribution < -0.4 is 4.74 Å². The van der Waals surface area contributed by atoms with Gasteiger partial charge in [0.1, 0.15) is 17.3 Å². The van der Waals surface area contributed by atoms with E-state index in [4.69, 9.17) is 14.8 Å². The lowest BCUT2D eigenvalue weighted by Crippen LogP contribution is -2.24. The van der Waals surface area contributed by atoms with Crippen molar-refractivity contribution in [2.75, 3.05) is 0 Å². The van der Waals surface area contributed by atoms with Crippen molar-refractivity contribution in [2.45, 2.75) is 73.1 Å².